The Hall–Kier alpha value is -4.21. The first-order valence-electron chi connectivity index (χ1n) is 11.8. The van der Waals surface area contributed by atoms with Crippen molar-refractivity contribution in [3.63, 3.8) is 0 Å². The molecule has 5 rings (SSSR count). The fourth-order valence-electron chi connectivity index (χ4n) is 4.67. The summed E-state index contributed by atoms with van der Waals surface area (Å²) in [5.74, 6) is 1.12. The second-order valence-electron chi connectivity index (χ2n) is 9.85. The first-order chi connectivity index (χ1) is 17.2. The van der Waals surface area contributed by atoms with Gasteiger partial charge >= 0.3 is 12.1 Å². The maximum Gasteiger partial charge on any atom is 0.410 e. The Morgan fingerprint density at radius 1 is 1.08 bits per heavy atom. The number of carbonyl (C=O) groups excluding carboxylic acids is 1. The Morgan fingerprint density at radius 2 is 1.81 bits per heavy atom. The number of aryl methyl sites for hydroxylation is 1. The highest BCUT2D eigenvalue weighted by atomic mass is 16.6. The lowest BCUT2D eigenvalue weighted by atomic mass is 9.94. The van der Waals surface area contributed by atoms with E-state index >= 15 is 0 Å². The number of aromatic nitrogens is 5. The van der Waals surface area contributed by atoms with E-state index in [-0.39, 0.29) is 18.0 Å². The van der Waals surface area contributed by atoms with Gasteiger partial charge in [-0.15, -0.1) is 0 Å². The Bertz CT molecular complexity index is 1400. The standard InChI is InChI=1S/C26H29N7O3/c1-26(2,3)36-25(34)33-13-10-17(14-33)21-19(20-22(27)30-15-31-23(20)32(21)4)16-6-8-18(9-7-16)35-24-28-11-5-12-29-24/h5-9,11-12,15,17H,10,13-14H2,1-4H3,(H2,27,30,31). The van der Waals surface area contributed by atoms with Gasteiger partial charge in [-0.1, -0.05) is 12.1 Å². The van der Waals surface area contributed by atoms with Crippen molar-refractivity contribution >= 4 is 22.9 Å². The minimum Gasteiger partial charge on any atom is -0.444 e. The van der Waals surface area contributed by atoms with Crippen LogP contribution in [0.15, 0.2) is 49.1 Å². The number of fused-ring (bicyclic) bond motifs is 1. The average Bonchev–Trinajstić information content (AvgIpc) is 3.43. The van der Waals surface area contributed by atoms with Gasteiger partial charge in [-0.2, -0.15) is 0 Å². The summed E-state index contributed by atoms with van der Waals surface area (Å²) in [5, 5.41) is 0.797. The van der Waals surface area contributed by atoms with Crippen molar-refractivity contribution in [2.24, 2.45) is 7.05 Å². The molecule has 1 atom stereocenters. The molecule has 1 aliphatic rings. The van der Waals surface area contributed by atoms with Gasteiger partial charge in [0.1, 0.15) is 29.1 Å². The molecule has 0 bridgehead atoms. The highest BCUT2D eigenvalue weighted by molar-refractivity contribution is 6.02. The zero-order valence-corrected chi connectivity index (χ0v) is 20.8. The summed E-state index contributed by atoms with van der Waals surface area (Å²) in [6.45, 7) is 6.79. The number of carbonyl (C=O) groups is 1. The molecule has 3 aromatic heterocycles. The molecule has 4 aromatic rings. The molecule has 186 valence electrons. The Morgan fingerprint density at radius 3 is 2.50 bits per heavy atom. The highest BCUT2D eigenvalue weighted by Gasteiger charge is 2.35. The summed E-state index contributed by atoms with van der Waals surface area (Å²) in [4.78, 5) is 31.5. The van der Waals surface area contributed by atoms with E-state index in [0.29, 0.717) is 24.7 Å². The van der Waals surface area contributed by atoms with Crippen LogP contribution < -0.4 is 10.5 Å². The Labute approximate surface area is 209 Å². The van der Waals surface area contributed by atoms with Crippen molar-refractivity contribution in [3.05, 3.63) is 54.7 Å². The van der Waals surface area contributed by atoms with Crippen LogP contribution in [-0.2, 0) is 11.8 Å². The number of rotatable bonds is 4. The average molecular weight is 488 g/mol. The summed E-state index contributed by atoms with van der Waals surface area (Å²) in [6, 6.07) is 9.71. The molecule has 4 heterocycles. The monoisotopic (exact) mass is 487 g/mol. The number of nitrogens with two attached hydrogens (primary N) is 1. The van der Waals surface area contributed by atoms with Gasteiger partial charge in [0.25, 0.3) is 0 Å². The lowest BCUT2D eigenvalue weighted by Gasteiger charge is -2.24. The molecular formula is C26H29N7O3. The second kappa shape index (κ2) is 9.10. The van der Waals surface area contributed by atoms with Gasteiger partial charge in [0.2, 0.25) is 0 Å². The maximum absolute atomic E-state index is 12.7. The van der Waals surface area contributed by atoms with Gasteiger partial charge in [0.05, 0.1) is 5.39 Å². The third kappa shape index (κ3) is 4.53. The van der Waals surface area contributed by atoms with Crippen LogP contribution in [0.2, 0.25) is 0 Å². The number of likely N-dealkylation sites (tertiary alicyclic amines) is 1. The highest BCUT2D eigenvalue weighted by Crippen LogP contribution is 2.42. The Kier molecular flexibility index (Phi) is 5.95. The molecule has 0 spiro atoms. The van der Waals surface area contributed by atoms with E-state index in [0.717, 1.165) is 34.3 Å². The molecule has 10 nitrogen and oxygen atoms in total. The number of ether oxygens (including phenoxy) is 2. The summed E-state index contributed by atoms with van der Waals surface area (Å²) in [7, 11) is 1.98. The smallest absolute Gasteiger partial charge is 0.410 e. The van der Waals surface area contributed by atoms with Crippen molar-refractivity contribution < 1.29 is 14.3 Å². The van der Waals surface area contributed by atoms with Crippen LogP contribution in [0.5, 0.6) is 11.8 Å². The number of nitrogens with zero attached hydrogens (tertiary/aromatic N) is 6. The predicted molar refractivity (Wildman–Crippen MR) is 136 cm³/mol. The van der Waals surface area contributed by atoms with E-state index in [1.807, 2.05) is 52.1 Å². The molecule has 0 radical (unpaired) electrons. The van der Waals surface area contributed by atoms with E-state index in [1.165, 1.54) is 6.33 Å². The van der Waals surface area contributed by atoms with Gasteiger partial charge in [-0.05, 0) is 51.0 Å². The van der Waals surface area contributed by atoms with Crippen LogP contribution in [0.25, 0.3) is 22.2 Å². The number of anilines is 1. The lowest BCUT2D eigenvalue weighted by molar-refractivity contribution is 0.0292. The van der Waals surface area contributed by atoms with Gasteiger partial charge in [0.15, 0.2) is 0 Å². The molecule has 1 unspecified atom stereocenters. The molecule has 36 heavy (non-hydrogen) atoms. The quantitative estimate of drug-likeness (QED) is 0.446. The van der Waals surface area contributed by atoms with Crippen molar-refractivity contribution in [1.29, 1.82) is 0 Å². The van der Waals surface area contributed by atoms with Crippen LogP contribution in [-0.4, -0.2) is 54.2 Å². The summed E-state index contributed by atoms with van der Waals surface area (Å²) in [5.41, 5.74) is 9.54. The normalized spacial score (nSPS) is 15.9. The number of benzene rings is 1. The van der Waals surface area contributed by atoms with Crippen LogP contribution in [0.4, 0.5) is 10.6 Å². The molecule has 1 saturated heterocycles. The van der Waals surface area contributed by atoms with Crippen molar-refractivity contribution in [3.8, 4) is 22.9 Å². The minimum absolute atomic E-state index is 0.0831. The van der Waals surface area contributed by atoms with E-state index in [1.54, 1.807) is 23.4 Å². The van der Waals surface area contributed by atoms with Crippen molar-refractivity contribution in [1.82, 2.24) is 29.4 Å². The van der Waals surface area contributed by atoms with E-state index < -0.39 is 5.60 Å². The fourth-order valence-corrected chi connectivity index (χ4v) is 4.67. The number of hydrogen-bond acceptors (Lipinski definition) is 8. The maximum atomic E-state index is 12.7. The molecule has 10 heteroatoms. The Balaban J connectivity index is 1.52. The van der Waals surface area contributed by atoms with E-state index in [4.69, 9.17) is 15.2 Å². The molecule has 1 fully saturated rings. The van der Waals surface area contributed by atoms with Crippen LogP contribution >= 0.6 is 0 Å². The van der Waals surface area contributed by atoms with E-state index in [2.05, 4.69) is 24.5 Å². The van der Waals surface area contributed by atoms with Crippen molar-refractivity contribution in [2.75, 3.05) is 18.8 Å². The lowest BCUT2D eigenvalue weighted by Crippen LogP contribution is -2.35. The SMILES string of the molecule is Cn1c(C2CCN(C(=O)OC(C)(C)C)C2)c(-c2ccc(Oc3ncccn3)cc2)c2c(N)ncnc21. The molecule has 1 aliphatic heterocycles. The predicted octanol–water partition coefficient (Wildman–Crippen LogP) is 4.52. The molecule has 2 N–H and O–H groups in total. The van der Waals surface area contributed by atoms with Gasteiger partial charge in [-0.25, -0.2) is 24.7 Å². The third-order valence-corrected chi connectivity index (χ3v) is 6.16. The number of hydrogen-bond donors (Lipinski definition) is 1. The van der Waals surface area contributed by atoms with Crippen molar-refractivity contribution in [2.45, 2.75) is 38.7 Å². The van der Waals surface area contributed by atoms with Crippen LogP contribution in [0.1, 0.15) is 38.8 Å². The zero-order chi connectivity index (χ0) is 25.4. The van der Waals surface area contributed by atoms with Crippen LogP contribution in [0, 0.1) is 0 Å². The van der Waals surface area contributed by atoms with Crippen LogP contribution in [0.3, 0.4) is 0 Å². The summed E-state index contributed by atoms with van der Waals surface area (Å²) >= 11 is 0. The molecule has 1 aromatic carbocycles. The van der Waals surface area contributed by atoms with Gasteiger partial charge < -0.3 is 24.7 Å². The third-order valence-electron chi connectivity index (χ3n) is 6.16. The number of amides is 1. The second-order valence-corrected chi connectivity index (χ2v) is 9.85. The van der Waals surface area contributed by atoms with E-state index in [9.17, 15) is 4.79 Å². The fraction of sp³-hybridized carbons (Fsp3) is 0.346. The molecule has 0 aliphatic carbocycles. The largest absolute Gasteiger partial charge is 0.444 e. The zero-order valence-electron chi connectivity index (χ0n) is 20.8. The minimum atomic E-state index is -0.543. The van der Waals surface area contributed by atoms with Gasteiger partial charge in [0, 0.05) is 49.7 Å². The van der Waals surface area contributed by atoms with Gasteiger partial charge in [-0.3, -0.25) is 0 Å². The number of nitrogen functional groups attached to an aromatic ring is 1. The molecule has 1 amide bonds. The molecule has 0 saturated carbocycles. The summed E-state index contributed by atoms with van der Waals surface area (Å²) in [6.07, 6.45) is 5.24. The first-order valence-corrected chi connectivity index (χ1v) is 11.8. The molecular weight excluding hydrogens is 458 g/mol. The topological polar surface area (TPSA) is 121 Å². The first kappa shape index (κ1) is 23.5. The summed E-state index contributed by atoms with van der Waals surface area (Å²) < 4.78 is 13.4.